The fraction of sp³-hybridized carbons (Fsp3) is 0.0667. The van der Waals surface area contributed by atoms with E-state index >= 15 is 0 Å². The van der Waals surface area contributed by atoms with Gasteiger partial charge in [-0.15, -0.1) is 0 Å². The zero-order valence-corrected chi connectivity index (χ0v) is 14.5. The lowest BCUT2D eigenvalue weighted by Gasteiger charge is -2.04. The summed E-state index contributed by atoms with van der Waals surface area (Å²) in [5, 5.41) is 0. The van der Waals surface area contributed by atoms with E-state index in [0.717, 1.165) is 10.0 Å². The highest BCUT2D eigenvalue weighted by atomic mass is 79.9. The highest BCUT2D eigenvalue weighted by molar-refractivity contribution is 9.10. The zero-order valence-electron chi connectivity index (χ0n) is 11.3. The number of cyclic esters (lactones) is 1. The van der Waals surface area contributed by atoms with E-state index < -0.39 is 5.97 Å². The average Bonchev–Trinajstić information content (AvgIpc) is 3.06. The van der Waals surface area contributed by atoms with Gasteiger partial charge in [0.05, 0.1) is 7.11 Å². The van der Waals surface area contributed by atoms with Crippen LogP contribution >= 0.6 is 31.9 Å². The largest absolute Gasteiger partial charge is 0.496 e. The predicted molar refractivity (Wildman–Crippen MR) is 87.7 cm³/mol. The van der Waals surface area contributed by atoms with Gasteiger partial charge in [0.1, 0.15) is 5.75 Å². The van der Waals surface area contributed by atoms with Crippen molar-refractivity contribution in [1.82, 2.24) is 0 Å². The van der Waals surface area contributed by atoms with Crippen LogP contribution in [0.3, 0.4) is 0 Å². The summed E-state index contributed by atoms with van der Waals surface area (Å²) in [5.41, 5.74) is 0.897. The second-order valence-corrected chi connectivity index (χ2v) is 6.02. The van der Waals surface area contributed by atoms with Crippen molar-refractivity contribution in [2.75, 3.05) is 7.11 Å². The van der Waals surface area contributed by atoms with Crippen molar-refractivity contribution >= 4 is 49.8 Å². The smallest absolute Gasteiger partial charge is 0.363 e. The van der Waals surface area contributed by atoms with Gasteiger partial charge in [0, 0.05) is 10.0 Å². The molecule has 1 aromatic carbocycles. The number of furan rings is 1. The lowest BCUT2D eigenvalue weighted by molar-refractivity contribution is -0.130. The normalized spacial score (nSPS) is 15.9. The number of methoxy groups -OCH3 is 1. The number of carbonyl (C=O) groups is 1. The van der Waals surface area contributed by atoms with Crippen LogP contribution in [0.25, 0.3) is 6.08 Å². The van der Waals surface area contributed by atoms with Crippen LogP contribution in [0.1, 0.15) is 11.3 Å². The Balaban J connectivity index is 1.99. The third-order valence-corrected chi connectivity index (χ3v) is 3.81. The number of nitrogens with zero attached hydrogens (tertiary/aromatic N) is 1. The lowest BCUT2D eigenvalue weighted by Crippen LogP contribution is -2.04. The maximum absolute atomic E-state index is 11.9. The average molecular weight is 427 g/mol. The number of carbonyl (C=O) groups excluding carboxylic acids is 1. The van der Waals surface area contributed by atoms with E-state index in [1.54, 1.807) is 31.4 Å². The van der Waals surface area contributed by atoms with Crippen molar-refractivity contribution in [2.24, 2.45) is 4.99 Å². The van der Waals surface area contributed by atoms with Crippen molar-refractivity contribution < 1.29 is 18.7 Å². The second-order valence-electron chi connectivity index (χ2n) is 4.33. The molecule has 0 fully saturated rings. The van der Waals surface area contributed by atoms with Crippen LogP contribution in [-0.2, 0) is 9.53 Å². The van der Waals surface area contributed by atoms with Crippen molar-refractivity contribution in [3.05, 3.63) is 56.5 Å². The van der Waals surface area contributed by atoms with Gasteiger partial charge in [0.2, 0.25) is 0 Å². The van der Waals surface area contributed by atoms with Crippen LogP contribution in [0.15, 0.2) is 54.6 Å². The van der Waals surface area contributed by atoms with Crippen LogP contribution in [0.2, 0.25) is 0 Å². The van der Waals surface area contributed by atoms with Crippen LogP contribution in [0.5, 0.6) is 5.75 Å². The summed E-state index contributed by atoms with van der Waals surface area (Å²) in [6.07, 6.45) is 1.61. The van der Waals surface area contributed by atoms with Crippen molar-refractivity contribution in [3.63, 3.8) is 0 Å². The maximum Gasteiger partial charge on any atom is 0.363 e. The van der Waals surface area contributed by atoms with Crippen LogP contribution < -0.4 is 4.74 Å². The van der Waals surface area contributed by atoms with E-state index in [9.17, 15) is 4.79 Å². The quantitative estimate of drug-likeness (QED) is 0.546. The minimum Gasteiger partial charge on any atom is -0.496 e. The van der Waals surface area contributed by atoms with Gasteiger partial charge < -0.3 is 13.9 Å². The number of halogens is 2. The van der Waals surface area contributed by atoms with Gasteiger partial charge in [0.25, 0.3) is 5.90 Å². The first-order chi connectivity index (χ1) is 10.6. The molecule has 112 valence electrons. The van der Waals surface area contributed by atoms with Gasteiger partial charge in [0.15, 0.2) is 16.1 Å². The summed E-state index contributed by atoms with van der Waals surface area (Å²) >= 11 is 6.58. The number of rotatable bonds is 3. The molecule has 3 rings (SSSR count). The summed E-state index contributed by atoms with van der Waals surface area (Å²) in [6, 6.07) is 8.84. The van der Waals surface area contributed by atoms with Crippen molar-refractivity contribution in [1.29, 1.82) is 0 Å². The molecule has 5 nitrogen and oxygen atoms in total. The van der Waals surface area contributed by atoms with Gasteiger partial charge in [-0.25, -0.2) is 9.79 Å². The molecule has 2 heterocycles. The number of benzene rings is 1. The topological polar surface area (TPSA) is 61.0 Å². The van der Waals surface area contributed by atoms with Gasteiger partial charge in [-0.2, -0.15) is 0 Å². The Bertz CT molecular complexity index is 808. The fourth-order valence-electron chi connectivity index (χ4n) is 1.91. The molecule has 1 aliphatic rings. The minimum absolute atomic E-state index is 0.135. The van der Waals surface area contributed by atoms with Gasteiger partial charge in [-0.05, 0) is 52.3 Å². The number of hydrogen-bond acceptors (Lipinski definition) is 5. The molecule has 0 saturated heterocycles. The molecule has 22 heavy (non-hydrogen) atoms. The molecule has 2 aromatic rings. The Kier molecular flexibility index (Phi) is 4.17. The molecule has 0 unspecified atom stereocenters. The highest BCUT2D eigenvalue weighted by Gasteiger charge is 2.26. The summed E-state index contributed by atoms with van der Waals surface area (Å²) in [5.74, 6) is 0.609. The molecule has 0 saturated carbocycles. The van der Waals surface area contributed by atoms with E-state index in [1.165, 1.54) is 0 Å². The Labute approximate surface area is 142 Å². The van der Waals surface area contributed by atoms with E-state index in [2.05, 4.69) is 36.9 Å². The Morgan fingerprint density at radius 1 is 1.23 bits per heavy atom. The first-order valence-electron chi connectivity index (χ1n) is 6.18. The molecule has 1 aliphatic heterocycles. The monoisotopic (exact) mass is 425 g/mol. The molecular formula is C15H9Br2NO4. The lowest BCUT2D eigenvalue weighted by atomic mass is 10.1. The third-order valence-electron chi connectivity index (χ3n) is 2.89. The summed E-state index contributed by atoms with van der Waals surface area (Å²) < 4.78 is 17.1. The number of ether oxygens (including phenoxy) is 2. The molecule has 0 radical (unpaired) electrons. The maximum atomic E-state index is 11.9. The predicted octanol–water partition coefficient (Wildman–Crippen LogP) is 4.16. The van der Waals surface area contributed by atoms with Crippen LogP contribution in [-0.4, -0.2) is 19.0 Å². The highest BCUT2D eigenvalue weighted by Crippen LogP contribution is 2.28. The summed E-state index contributed by atoms with van der Waals surface area (Å²) in [7, 11) is 1.56. The summed E-state index contributed by atoms with van der Waals surface area (Å²) in [6.45, 7) is 0. The molecule has 0 amide bonds. The molecule has 0 spiro atoms. The van der Waals surface area contributed by atoms with Gasteiger partial charge >= 0.3 is 5.97 Å². The number of hydrogen-bond donors (Lipinski definition) is 0. The first kappa shape index (κ1) is 15.1. The van der Waals surface area contributed by atoms with Gasteiger partial charge in [-0.3, -0.25) is 0 Å². The summed E-state index contributed by atoms with van der Waals surface area (Å²) in [4.78, 5) is 16.1. The molecule has 0 N–H and O–H groups in total. The minimum atomic E-state index is -0.537. The van der Waals surface area contributed by atoms with Gasteiger partial charge in [-0.1, -0.05) is 15.9 Å². The Hall–Kier alpha value is -1.86. The third kappa shape index (κ3) is 3.00. The fourth-order valence-corrected chi connectivity index (χ4v) is 2.59. The van der Waals surface area contributed by atoms with Crippen LogP contribution in [0.4, 0.5) is 0 Å². The van der Waals surface area contributed by atoms with E-state index in [4.69, 9.17) is 13.9 Å². The second kappa shape index (κ2) is 6.10. The molecule has 1 aromatic heterocycles. The van der Waals surface area contributed by atoms with E-state index in [1.807, 2.05) is 12.1 Å². The standard InChI is InChI=1S/C15H9Br2NO4/c1-20-11-3-2-9(16)6-8(11)7-10-15(19)22-14(18-10)12-4-5-13(17)21-12/h2-7H,1H3/b10-7+. The first-order valence-corrected chi connectivity index (χ1v) is 7.77. The Morgan fingerprint density at radius 2 is 2.05 bits per heavy atom. The van der Waals surface area contributed by atoms with Crippen molar-refractivity contribution in [2.45, 2.75) is 0 Å². The zero-order chi connectivity index (χ0) is 15.7. The van der Waals surface area contributed by atoms with E-state index in [0.29, 0.717) is 16.2 Å². The SMILES string of the molecule is COc1ccc(Br)cc1/C=C1/N=C(c2ccc(Br)o2)OC1=O. The van der Waals surface area contributed by atoms with Crippen molar-refractivity contribution in [3.8, 4) is 5.75 Å². The van der Waals surface area contributed by atoms with Crippen LogP contribution in [0, 0.1) is 0 Å². The molecule has 0 atom stereocenters. The number of esters is 1. The molecule has 0 aliphatic carbocycles. The Morgan fingerprint density at radius 3 is 2.73 bits per heavy atom. The van der Waals surface area contributed by atoms with E-state index in [-0.39, 0.29) is 11.6 Å². The molecule has 7 heteroatoms. The molecular weight excluding hydrogens is 418 g/mol. The number of aliphatic imine (C=N–C) groups is 1. The molecule has 0 bridgehead atoms.